The lowest BCUT2D eigenvalue weighted by molar-refractivity contribution is -0.139. The summed E-state index contributed by atoms with van der Waals surface area (Å²) in [5.74, 6) is -0.448. The Hall–Kier alpha value is -3.03. The van der Waals surface area contributed by atoms with E-state index in [0.29, 0.717) is 5.56 Å². The average Bonchev–Trinajstić information content (AvgIpc) is 2.89. The Balaban J connectivity index is 1.70. The third-order valence-electron chi connectivity index (χ3n) is 5.19. The second kappa shape index (κ2) is 8.77. The van der Waals surface area contributed by atoms with Gasteiger partial charge >= 0.3 is 6.18 Å². The summed E-state index contributed by atoms with van der Waals surface area (Å²) in [4.78, 5) is 30.2. The number of nitrogens with zero attached hydrogens (tertiary/aromatic N) is 3. The highest BCUT2D eigenvalue weighted by atomic mass is 19.4. The largest absolute Gasteiger partial charge is 0.416 e. The van der Waals surface area contributed by atoms with Crippen molar-refractivity contribution in [2.75, 3.05) is 38.6 Å². The molecular weight excluding hydrogens is 395 g/mol. The number of amides is 2. The Labute approximate surface area is 173 Å². The predicted molar refractivity (Wildman–Crippen MR) is 108 cm³/mol. The van der Waals surface area contributed by atoms with Crippen molar-refractivity contribution in [1.82, 2.24) is 9.80 Å². The summed E-state index contributed by atoms with van der Waals surface area (Å²) in [6.45, 7) is 0.569. The van der Waals surface area contributed by atoms with Crippen molar-refractivity contribution in [3.8, 4) is 0 Å². The molecule has 2 aromatic carbocycles. The third-order valence-corrected chi connectivity index (χ3v) is 5.19. The molecule has 5 nitrogen and oxygen atoms in total. The number of hydrogen-bond donors (Lipinski definition) is 0. The second-order valence-electron chi connectivity index (χ2n) is 7.45. The number of carbonyl (C=O) groups is 2. The molecular formula is C22H24F3N3O2. The minimum absolute atomic E-state index is 0.0531. The zero-order valence-electron chi connectivity index (χ0n) is 16.9. The van der Waals surface area contributed by atoms with E-state index in [9.17, 15) is 22.8 Å². The number of rotatable bonds is 4. The summed E-state index contributed by atoms with van der Waals surface area (Å²) in [5.41, 5.74) is 0.796. The molecule has 0 saturated carbocycles. The van der Waals surface area contributed by atoms with Gasteiger partial charge in [-0.2, -0.15) is 13.2 Å². The first-order valence-electron chi connectivity index (χ1n) is 9.66. The van der Waals surface area contributed by atoms with E-state index >= 15 is 0 Å². The van der Waals surface area contributed by atoms with E-state index in [1.807, 2.05) is 31.1 Å². The summed E-state index contributed by atoms with van der Waals surface area (Å²) in [6.07, 6.45) is -4.40. The molecule has 1 heterocycles. The first-order valence-corrected chi connectivity index (χ1v) is 9.66. The van der Waals surface area contributed by atoms with Crippen LogP contribution >= 0.6 is 0 Å². The van der Waals surface area contributed by atoms with Crippen molar-refractivity contribution >= 4 is 17.5 Å². The summed E-state index contributed by atoms with van der Waals surface area (Å²) >= 11 is 0. The molecule has 0 N–H and O–H groups in total. The van der Waals surface area contributed by atoms with Crippen molar-refractivity contribution in [1.29, 1.82) is 0 Å². The highest BCUT2D eigenvalue weighted by Gasteiger charge is 2.34. The molecule has 160 valence electrons. The molecule has 30 heavy (non-hydrogen) atoms. The van der Waals surface area contributed by atoms with Gasteiger partial charge in [0.15, 0.2) is 0 Å². The molecule has 1 saturated heterocycles. The quantitative estimate of drug-likeness (QED) is 0.760. The van der Waals surface area contributed by atoms with Crippen LogP contribution in [0.5, 0.6) is 0 Å². The molecule has 8 heteroatoms. The van der Waals surface area contributed by atoms with Crippen LogP contribution in [0.2, 0.25) is 0 Å². The standard InChI is InChI=1S/C22H24F3N3O2/c1-26(2)18-9-7-16(8-10-18)21(30)27-12-11-20(29)28(14-13-27)15-17-5-3-4-6-19(17)22(23,24)25/h3-10H,11-15H2,1-2H3. The van der Waals surface area contributed by atoms with Gasteiger partial charge in [0, 0.05) is 57.9 Å². The minimum Gasteiger partial charge on any atom is -0.378 e. The van der Waals surface area contributed by atoms with Crippen LogP contribution in [0.4, 0.5) is 18.9 Å². The molecule has 1 fully saturated rings. The lowest BCUT2D eigenvalue weighted by Gasteiger charge is -2.24. The molecule has 0 radical (unpaired) electrons. The smallest absolute Gasteiger partial charge is 0.378 e. The summed E-state index contributed by atoms with van der Waals surface area (Å²) in [6, 6.07) is 12.4. The maximum Gasteiger partial charge on any atom is 0.416 e. The van der Waals surface area contributed by atoms with Crippen LogP contribution in [-0.2, 0) is 17.5 Å². The van der Waals surface area contributed by atoms with Crippen LogP contribution in [0.1, 0.15) is 27.9 Å². The predicted octanol–water partition coefficient (Wildman–Crippen LogP) is 3.65. The second-order valence-corrected chi connectivity index (χ2v) is 7.45. The number of hydrogen-bond acceptors (Lipinski definition) is 3. The Bertz CT molecular complexity index is 911. The Morgan fingerprint density at radius 1 is 1.00 bits per heavy atom. The number of anilines is 1. The SMILES string of the molecule is CN(C)c1ccc(C(=O)N2CCC(=O)N(Cc3ccccc3C(F)(F)F)CC2)cc1. The van der Waals surface area contributed by atoms with Gasteiger partial charge in [0.05, 0.1) is 5.56 Å². The molecule has 1 aliphatic rings. The van der Waals surface area contributed by atoms with Crippen LogP contribution in [-0.4, -0.2) is 55.3 Å². The molecule has 2 amide bonds. The van der Waals surface area contributed by atoms with Gasteiger partial charge in [0.25, 0.3) is 5.91 Å². The van der Waals surface area contributed by atoms with Crippen molar-refractivity contribution < 1.29 is 22.8 Å². The average molecular weight is 419 g/mol. The molecule has 0 spiro atoms. The van der Waals surface area contributed by atoms with Crippen molar-refractivity contribution in [3.63, 3.8) is 0 Å². The van der Waals surface area contributed by atoms with E-state index in [1.165, 1.54) is 23.1 Å². The highest BCUT2D eigenvalue weighted by Crippen LogP contribution is 2.32. The van der Waals surface area contributed by atoms with Gasteiger partial charge in [-0.25, -0.2) is 0 Å². The summed E-state index contributed by atoms with van der Waals surface area (Å²) < 4.78 is 39.8. The van der Waals surface area contributed by atoms with E-state index < -0.39 is 11.7 Å². The molecule has 0 aromatic heterocycles. The van der Waals surface area contributed by atoms with Crippen LogP contribution < -0.4 is 4.90 Å². The molecule has 2 aromatic rings. The molecule has 1 aliphatic heterocycles. The fourth-order valence-electron chi connectivity index (χ4n) is 3.46. The number of alkyl halides is 3. The van der Waals surface area contributed by atoms with Crippen LogP contribution in [0.25, 0.3) is 0 Å². The first kappa shape index (κ1) is 21.7. The molecule has 0 atom stereocenters. The van der Waals surface area contributed by atoms with Gasteiger partial charge in [-0.05, 0) is 35.9 Å². The van der Waals surface area contributed by atoms with Gasteiger partial charge in [-0.3, -0.25) is 9.59 Å². The topological polar surface area (TPSA) is 43.9 Å². The monoisotopic (exact) mass is 419 g/mol. The summed E-state index contributed by atoms with van der Waals surface area (Å²) in [7, 11) is 3.81. The van der Waals surface area contributed by atoms with Crippen LogP contribution in [0.3, 0.4) is 0 Å². The fourth-order valence-corrected chi connectivity index (χ4v) is 3.46. The lowest BCUT2D eigenvalue weighted by Crippen LogP contribution is -2.36. The van der Waals surface area contributed by atoms with Crippen LogP contribution in [0, 0.1) is 0 Å². The third kappa shape index (κ3) is 4.93. The van der Waals surface area contributed by atoms with Gasteiger partial charge in [0.1, 0.15) is 0 Å². The zero-order chi connectivity index (χ0) is 21.9. The van der Waals surface area contributed by atoms with Crippen molar-refractivity contribution in [2.45, 2.75) is 19.1 Å². The Morgan fingerprint density at radius 3 is 2.30 bits per heavy atom. The molecule has 0 bridgehead atoms. The maximum absolute atomic E-state index is 13.3. The minimum atomic E-state index is -4.48. The summed E-state index contributed by atoms with van der Waals surface area (Å²) in [5, 5.41) is 0. The molecule has 0 unspecified atom stereocenters. The van der Waals surface area contributed by atoms with Gasteiger partial charge in [-0.15, -0.1) is 0 Å². The van der Waals surface area contributed by atoms with E-state index in [1.54, 1.807) is 17.0 Å². The fraction of sp³-hybridized carbons (Fsp3) is 0.364. The van der Waals surface area contributed by atoms with Crippen LogP contribution in [0.15, 0.2) is 48.5 Å². The highest BCUT2D eigenvalue weighted by molar-refractivity contribution is 5.95. The van der Waals surface area contributed by atoms with Gasteiger partial charge < -0.3 is 14.7 Å². The lowest BCUT2D eigenvalue weighted by atomic mass is 10.1. The van der Waals surface area contributed by atoms with Crippen molar-refractivity contribution in [2.24, 2.45) is 0 Å². The van der Waals surface area contributed by atoms with E-state index in [0.717, 1.165) is 11.8 Å². The number of benzene rings is 2. The molecule has 0 aliphatic carbocycles. The maximum atomic E-state index is 13.3. The van der Waals surface area contributed by atoms with Gasteiger partial charge in [0.2, 0.25) is 5.91 Å². The Morgan fingerprint density at radius 2 is 1.67 bits per heavy atom. The van der Waals surface area contributed by atoms with Gasteiger partial charge in [-0.1, -0.05) is 18.2 Å². The number of halogens is 3. The van der Waals surface area contributed by atoms with E-state index in [2.05, 4.69) is 0 Å². The first-order chi connectivity index (χ1) is 14.2. The van der Waals surface area contributed by atoms with E-state index in [4.69, 9.17) is 0 Å². The van der Waals surface area contributed by atoms with E-state index in [-0.39, 0.29) is 50.0 Å². The number of carbonyl (C=O) groups excluding carboxylic acids is 2. The normalized spacial score (nSPS) is 15.2. The molecule has 3 rings (SSSR count). The Kier molecular flexibility index (Phi) is 6.34. The zero-order valence-corrected chi connectivity index (χ0v) is 16.9. The van der Waals surface area contributed by atoms with Crippen molar-refractivity contribution in [3.05, 3.63) is 65.2 Å².